The van der Waals surface area contributed by atoms with Crippen molar-refractivity contribution < 1.29 is 18.0 Å². The van der Waals surface area contributed by atoms with Gasteiger partial charge < -0.3 is 9.32 Å². The number of aryl methyl sites for hydroxylation is 1. The Hall–Kier alpha value is -3.54. The van der Waals surface area contributed by atoms with E-state index in [9.17, 15) is 13.6 Å². The molecular weight excluding hydrogens is 410 g/mol. The second-order valence-corrected chi connectivity index (χ2v) is 7.88. The molecule has 0 bridgehead atoms. The van der Waals surface area contributed by atoms with Crippen molar-refractivity contribution in [3.63, 3.8) is 0 Å². The van der Waals surface area contributed by atoms with E-state index in [1.807, 2.05) is 62.4 Å². The lowest BCUT2D eigenvalue weighted by atomic mass is 9.94. The third-order valence-corrected chi connectivity index (χ3v) is 5.50. The minimum Gasteiger partial charge on any atom is -0.439 e. The lowest BCUT2D eigenvalue weighted by molar-refractivity contribution is -0.134. The fraction of sp³-hybridized carbons (Fsp3) is 0.231. The van der Waals surface area contributed by atoms with Crippen molar-refractivity contribution in [2.45, 2.75) is 39.3 Å². The molecule has 0 saturated carbocycles. The van der Waals surface area contributed by atoms with Crippen molar-refractivity contribution in [1.29, 1.82) is 0 Å². The monoisotopic (exact) mass is 434 g/mol. The summed E-state index contributed by atoms with van der Waals surface area (Å²) in [6.45, 7) is 3.84. The molecular formula is C26H24F2N2O2. The molecule has 1 aromatic heterocycles. The van der Waals surface area contributed by atoms with E-state index < -0.39 is 17.6 Å². The van der Waals surface area contributed by atoms with Gasteiger partial charge in [0.2, 0.25) is 11.8 Å². The Morgan fingerprint density at radius 3 is 2.56 bits per heavy atom. The van der Waals surface area contributed by atoms with Crippen molar-refractivity contribution in [3.8, 4) is 0 Å². The predicted molar refractivity (Wildman–Crippen MR) is 119 cm³/mol. The van der Waals surface area contributed by atoms with Crippen LogP contribution in [0.25, 0.3) is 11.1 Å². The number of aromatic nitrogens is 1. The van der Waals surface area contributed by atoms with Gasteiger partial charge >= 0.3 is 0 Å². The SMILES string of the molecule is CC[C@H](C(=O)N(Cc1nc2cc(C)ccc2o1)Cc1cc(F)ccc1F)c1ccccc1. The second-order valence-electron chi connectivity index (χ2n) is 7.88. The minimum atomic E-state index is -0.565. The number of carbonyl (C=O) groups excluding carboxylic acids is 1. The molecule has 32 heavy (non-hydrogen) atoms. The van der Waals surface area contributed by atoms with E-state index >= 15 is 0 Å². The molecule has 3 aromatic carbocycles. The van der Waals surface area contributed by atoms with Crippen LogP contribution in [0.4, 0.5) is 8.78 Å². The van der Waals surface area contributed by atoms with Gasteiger partial charge in [-0.25, -0.2) is 13.8 Å². The zero-order valence-corrected chi connectivity index (χ0v) is 18.0. The maximum absolute atomic E-state index is 14.4. The van der Waals surface area contributed by atoms with Crippen molar-refractivity contribution in [3.05, 3.63) is 101 Å². The molecule has 0 unspecified atom stereocenters. The van der Waals surface area contributed by atoms with Crippen LogP contribution < -0.4 is 0 Å². The Morgan fingerprint density at radius 2 is 1.81 bits per heavy atom. The minimum absolute atomic E-state index is 0.0475. The summed E-state index contributed by atoms with van der Waals surface area (Å²) in [5, 5.41) is 0. The molecule has 1 atom stereocenters. The zero-order chi connectivity index (χ0) is 22.7. The molecule has 1 amide bonds. The van der Waals surface area contributed by atoms with Crippen LogP contribution in [0.1, 0.15) is 41.8 Å². The highest BCUT2D eigenvalue weighted by molar-refractivity contribution is 5.83. The fourth-order valence-electron chi connectivity index (χ4n) is 3.86. The molecule has 0 spiro atoms. The fourth-order valence-corrected chi connectivity index (χ4v) is 3.86. The number of oxazole rings is 1. The summed E-state index contributed by atoms with van der Waals surface area (Å²) in [5.74, 6) is -1.38. The number of hydrogen-bond donors (Lipinski definition) is 0. The maximum atomic E-state index is 14.4. The van der Waals surface area contributed by atoms with Gasteiger partial charge in [-0.1, -0.05) is 43.3 Å². The smallest absolute Gasteiger partial charge is 0.230 e. The Kier molecular flexibility index (Phi) is 6.30. The third-order valence-electron chi connectivity index (χ3n) is 5.50. The summed E-state index contributed by atoms with van der Waals surface area (Å²) >= 11 is 0. The lowest BCUT2D eigenvalue weighted by Crippen LogP contribution is -2.34. The molecule has 0 fully saturated rings. The van der Waals surface area contributed by atoms with Gasteiger partial charge in [-0.2, -0.15) is 0 Å². The lowest BCUT2D eigenvalue weighted by Gasteiger charge is -2.26. The zero-order valence-electron chi connectivity index (χ0n) is 18.0. The molecule has 6 heteroatoms. The van der Waals surface area contributed by atoms with Crippen LogP contribution in [0.2, 0.25) is 0 Å². The first-order valence-electron chi connectivity index (χ1n) is 10.6. The number of nitrogens with zero attached hydrogens (tertiary/aromatic N) is 2. The van der Waals surface area contributed by atoms with Gasteiger partial charge in [0, 0.05) is 12.1 Å². The summed E-state index contributed by atoms with van der Waals surface area (Å²) in [7, 11) is 0. The second kappa shape index (κ2) is 9.30. The number of halogens is 2. The normalized spacial score (nSPS) is 12.1. The molecule has 0 N–H and O–H groups in total. The molecule has 0 radical (unpaired) electrons. The van der Waals surface area contributed by atoms with Crippen LogP contribution in [-0.2, 0) is 17.9 Å². The highest BCUT2D eigenvalue weighted by Gasteiger charge is 2.27. The van der Waals surface area contributed by atoms with E-state index in [0.29, 0.717) is 23.4 Å². The summed E-state index contributed by atoms with van der Waals surface area (Å²) in [6.07, 6.45) is 0.567. The topological polar surface area (TPSA) is 46.3 Å². The van der Waals surface area contributed by atoms with E-state index in [-0.39, 0.29) is 24.6 Å². The van der Waals surface area contributed by atoms with Gasteiger partial charge in [0.1, 0.15) is 17.2 Å². The van der Waals surface area contributed by atoms with Crippen LogP contribution in [0, 0.1) is 18.6 Å². The third kappa shape index (κ3) is 4.69. The van der Waals surface area contributed by atoms with Crippen LogP contribution >= 0.6 is 0 Å². The highest BCUT2D eigenvalue weighted by atomic mass is 19.1. The van der Waals surface area contributed by atoms with E-state index in [2.05, 4.69) is 4.98 Å². The van der Waals surface area contributed by atoms with Gasteiger partial charge in [-0.15, -0.1) is 0 Å². The van der Waals surface area contributed by atoms with Crippen LogP contribution in [-0.4, -0.2) is 15.8 Å². The van der Waals surface area contributed by atoms with Crippen LogP contribution in [0.15, 0.2) is 71.1 Å². The van der Waals surface area contributed by atoms with E-state index in [0.717, 1.165) is 29.3 Å². The first-order chi connectivity index (χ1) is 15.4. The first-order valence-corrected chi connectivity index (χ1v) is 10.6. The average Bonchev–Trinajstić information content (AvgIpc) is 3.18. The molecule has 164 valence electrons. The van der Waals surface area contributed by atoms with Crippen molar-refractivity contribution in [2.24, 2.45) is 0 Å². The summed E-state index contributed by atoms with van der Waals surface area (Å²) in [6, 6.07) is 18.4. The van der Waals surface area contributed by atoms with E-state index in [1.165, 1.54) is 4.90 Å². The quantitative estimate of drug-likeness (QED) is 0.351. The summed E-state index contributed by atoms with van der Waals surface area (Å²) < 4.78 is 34.0. The van der Waals surface area contributed by atoms with E-state index in [1.54, 1.807) is 0 Å². The first kappa shape index (κ1) is 21.7. The highest BCUT2D eigenvalue weighted by Crippen LogP contribution is 2.26. The van der Waals surface area contributed by atoms with Crippen LogP contribution in [0.5, 0.6) is 0 Å². The number of benzene rings is 3. The van der Waals surface area contributed by atoms with Crippen molar-refractivity contribution >= 4 is 17.0 Å². The Morgan fingerprint density at radius 1 is 1.03 bits per heavy atom. The molecule has 4 rings (SSSR count). The largest absolute Gasteiger partial charge is 0.439 e. The number of carbonyl (C=O) groups is 1. The molecule has 0 aliphatic rings. The summed E-state index contributed by atoms with van der Waals surface area (Å²) in [5.41, 5.74) is 3.33. The van der Waals surface area contributed by atoms with E-state index in [4.69, 9.17) is 4.42 Å². The Bertz CT molecular complexity index is 1240. The van der Waals surface area contributed by atoms with Crippen molar-refractivity contribution in [1.82, 2.24) is 9.88 Å². The Labute approximate surface area is 185 Å². The van der Waals surface area contributed by atoms with Gasteiger partial charge in [0.15, 0.2) is 5.58 Å². The van der Waals surface area contributed by atoms with Crippen molar-refractivity contribution in [2.75, 3.05) is 0 Å². The number of rotatable bonds is 7. The number of amides is 1. The standard InChI is InChI=1S/C26H24F2N2O2/c1-3-21(18-7-5-4-6-8-18)26(31)30(15-19-14-20(27)10-11-22(19)28)16-25-29-23-13-17(2)9-12-24(23)32-25/h4-14,21H,3,15-16H2,1-2H3/t21-/m0/s1. The molecule has 1 heterocycles. The van der Waals surface area contributed by atoms with Gasteiger partial charge in [0.25, 0.3) is 0 Å². The molecule has 4 aromatic rings. The average molecular weight is 434 g/mol. The molecule has 0 saturated heterocycles. The van der Waals surface area contributed by atoms with Gasteiger partial charge in [-0.05, 0) is 54.8 Å². The molecule has 0 aliphatic heterocycles. The number of fused-ring (bicyclic) bond motifs is 1. The Balaban J connectivity index is 1.69. The number of hydrogen-bond acceptors (Lipinski definition) is 3. The molecule has 4 nitrogen and oxygen atoms in total. The van der Waals surface area contributed by atoms with Crippen LogP contribution in [0.3, 0.4) is 0 Å². The predicted octanol–water partition coefficient (Wildman–Crippen LogP) is 6.14. The summed E-state index contributed by atoms with van der Waals surface area (Å²) in [4.78, 5) is 19.6. The van der Waals surface area contributed by atoms with Gasteiger partial charge in [-0.3, -0.25) is 4.79 Å². The molecule has 0 aliphatic carbocycles. The van der Waals surface area contributed by atoms with Gasteiger partial charge in [0.05, 0.1) is 12.5 Å². The maximum Gasteiger partial charge on any atom is 0.230 e.